The van der Waals surface area contributed by atoms with Crippen LogP contribution in [0.2, 0.25) is 0 Å². The first kappa shape index (κ1) is 31.9. The number of ether oxygens (including phenoxy) is 1. The zero-order valence-electron chi connectivity index (χ0n) is 25.9. The molecule has 0 spiro atoms. The molecule has 6 amide bonds. The predicted molar refractivity (Wildman–Crippen MR) is 166 cm³/mol. The van der Waals surface area contributed by atoms with Gasteiger partial charge in [-0.3, -0.25) is 43.9 Å². The van der Waals surface area contributed by atoms with Gasteiger partial charge in [0.2, 0.25) is 17.7 Å². The highest BCUT2D eigenvalue weighted by Gasteiger charge is 2.45. The summed E-state index contributed by atoms with van der Waals surface area (Å²) in [4.78, 5) is 82.8. The number of nitrogens with zero attached hydrogens (tertiary/aromatic N) is 4. The highest BCUT2D eigenvalue weighted by atomic mass is 19.1. The van der Waals surface area contributed by atoms with Crippen LogP contribution in [0, 0.1) is 5.82 Å². The molecule has 0 aliphatic carbocycles. The van der Waals surface area contributed by atoms with E-state index in [9.17, 15) is 33.2 Å². The minimum Gasteiger partial charge on any atom is -0.497 e. The van der Waals surface area contributed by atoms with Crippen molar-refractivity contribution in [3.63, 3.8) is 0 Å². The molecular weight excluding hydrogens is 613 g/mol. The van der Waals surface area contributed by atoms with E-state index in [0.29, 0.717) is 52.1 Å². The maximum atomic E-state index is 14.5. The number of nitrogen functional groups attached to an aromatic ring is 1. The summed E-state index contributed by atoms with van der Waals surface area (Å²) >= 11 is 0. The lowest BCUT2D eigenvalue weighted by atomic mass is 10.0. The topological polar surface area (TPSA) is 175 Å². The fourth-order valence-electron chi connectivity index (χ4n) is 6.55. The third kappa shape index (κ3) is 6.35. The summed E-state index contributed by atoms with van der Waals surface area (Å²) in [5, 5.41) is 5.04. The predicted octanol–water partition coefficient (Wildman–Crippen LogP) is 0.361. The van der Waals surface area contributed by atoms with Crippen LogP contribution < -0.4 is 26.0 Å². The smallest absolute Gasteiger partial charge is 0.262 e. The molecular formula is C32H36FN7O7. The largest absolute Gasteiger partial charge is 0.497 e. The average Bonchev–Trinajstić information content (AvgIpc) is 3.31. The van der Waals surface area contributed by atoms with E-state index >= 15 is 0 Å². The lowest BCUT2D eigenvalue weighted by Crippen LogP contribution is -2.54. The number of halogens is 1. The van der Waals surface area contributed by atoms with Crippen LogP contribution in [0.4, 0.5) is 15.8 Å². The maximum absolute atomic E-state index is 14.5. The van der Waals surface area contributed by atoms with E-state index in [-0.39, 0.29) is 59.5 Å². The van der Waals surface area contributed by atoms with Crippen LogP contribution in [-0.2, 0) is 14.4 Å². The number of methoxy groups -OCH3 is 1. The zero-order valence-corrected chi connectivity index (χ0v) is 25.9. The SMILES string of the molecule is COc1cc(N)c(F)c(C(=O)NC2CCN(C(=O)CN3CCN(c4ccc5c(c4)C(=O)N(C4CCC(=O)NC4=O)C5=O)CC3)CC2)c1. The van der Waals surface area contributed by atoms with E-state index in [1.807, 2.05) is 0 Å². The molecule has 2 aromatic carbocycles. The summed E-state index contributed by atoms with van der Waals surface area (Å²) in [6, 6.07) is 6.44. The van der Waals surface area contributed by atoms with Gasteiger partial charge >= 0.3 is 0 Å². The van der Waals surface area contributed by atoms with Crippen molar-refractivity contribution in [2.24, 2.45) is 0 Å². The highest BCUT2D eigenvalue weighted by molar-refractivity contribution is 6.23. The Morgan fingerprint density at radius 3 is 2.34 bits per heavy atom. The first-order valence-corrected chi connectivity index (χ1v) is 15.6. The number of anilines is 2. The van der Waals surface area contributed by atoms with E-state index < -0.39 is 41.4 Å². The summed E-state index contributed by atoms with van der Waals surface area (Å²) < 4.78 is 19.6. The molecule has 4 aliphatic rings. The van der Waals surface area contributed by atoms with E-state index in [2.05, 4.69) is 20.4 Å². The molecule has 2 aromatic rings. The van der Waals surface area contributed by atoms with Crippen LogP contribution in [-0.4, -0.2) is 115 Å². The summed E-state index contributed by atoms with van der Waals surface area (Å²) in [6.45, 7) is 3.60. The average molecular weight is 650 g/mol. The summed E-state index contributed by atoms with van der Waals surface area (Å²) in [5.74, 6) is -3.27. The van der Waals surface area contributed by atoms with Crippen LogP contribution in [0.15, 0.2) is 30.3 Å². The van der Waals surface area contributed by atoms with E-state index in [4.69, 9.17) is 10.5 Å². The number of benzene rings is 2. The number of piperazine rings is 1. The number of piperidine rings is 2. The van der Waals surface area contributed by atoms with Gasteiger partial charge in [0.1, 0.15) is 11.8 Å². The number of amides is 6. The molecule has 0 aromatic heterocycles. The van der Waals surface area contributed by atoms with Gasteiger partial charge in [-0.2, -0.15) is 0 Å². The molecule has 47 heavy (non-hydrogen) atoms. The first-order chi connectivity index (χ1) is 22.5. The van der Waals surface area contributed by atoms with Crippen molar-refractivity contribution in [2.45, 2.75) is 37.8 Å². The number of carbonyl (C=O) groups excluding carboxylic acids is 6. The quantitative estimate of drug-likeness (QED) is 0.281. The van der Waals surface area contributed by atoms with Crippen LogP contribution in [0.5, 0.6) is 5.75 Å². The molecule has 14 nitrogen and oxygen atoms in total. The van der Waals surface area contributed by atoms with Gasteiger partial charge in [-0.25, -0.2) is 4.39 Å². The van der Waals surface area contributed by atoms with Gasteiger partial charge in [0.15, 0.2) is 5.82 Å². The van der Waals surface area contributed by atoms with Gasteiger partial charge in [0.25, 0.3) is 17.7 Å². The Labute approximate surface area is 269 Å². The first-order valence-electron chi connectivity index (χ1n) is 15.6. The Balaban J connectivity index is 0.977. The second kappa shape index (κ2) is 13.0. The van der Waals surface area contributed by atoms with Gasteiger partial charge in [-0.1, -0.05) is 0 Å². The van der Waals surface area contributed by atoms with Gasteiger partial charge in [0.05, 0.1) is 36.0 Å². The van der Waals surface area contributed by atoms with Crippen molar-refractivity contribution in [3.8, 4) is 5.75 Å². The molecule has 0 bridgehead atoms. The van der Waals surface area contributed by atoms with Gasteiger partial charge in [0, 0.05) is 63.5 Å². The normalized spacial score (nSPS) is 20.7. The monoisotopic (exact) mass is 649 g/mol. The summed E-state index contributed by atoms with van der Waals surface area (Å²) in [6.07, 6.45) is 1.22. The van der Waals surface area contributed by atoms with Crippen LogP contribution >= 0.6 is 0 Å². The fraction of sp³-hybridized carbons (Fsp3) is 0.438. The number of carbonyl (C=O) groups is 6. The van der Waals surface area contributed by atoms with Crippen LogP contribution in [0.25, 0.3) is 0 Å². The van der Waals surface area contributed by atoms with Crippen molar-refractivity contribution in [2.75, 3.05) is 63.6 Å². The van der Waals surface area contributed by atoms with E-state index in [1.165, 1.54) is 19.2 Å². The standard InChI is InChI=1S/C32H36FN7O7/c1-47-20-15-23(28(33)24(34)16-20)29(43)35-18-6-8-39(9-7-18)27(42)17-37-10-12-38(13-11-37)19-2-3-21-22(14-19)32(46)40(31(21)45)25-4-5-26(41)36-30(25)44/h2-3,14-16,18,25H,4-13,17,34H2,1H3,(H,35,43)(H,36,41,44). The molecule has 4 aliphatic heterocycles. The Morgan fingerprint density at radius 2 is 1.66 bits per heavy atom. The molecule has 3 fully saturated rings. The van der Waals surface area contributed by atoms with Crippen molar-refractivity contribution in [1.82, 2.24) is 25.3 Å². The van der Waals surface area contributed by atoms with Crippen molar-refractivity contribution in [3.05, 3.63) is 52.8 Å². The third-order valence-electron chi connectivity index (χ3n) is 9.26. The zero-order chi connectivity index (χ0) is 33.4. The number of nitrogens with two attached hydrogens (primary N) is 1. The summed E-state index contributed by atoms with van der Waals surface area (Å²) in [7, 11) is 1.41. The Hall–Kier alpha value is -5.05. The molecule has 1 atom stereocenters. The maximum Gasteiger partial charge on any atom is 0.262 e. The van der Waals surface area contributed by atoms with E-state index in [0.717, 1.165) is 10.6 Å². The highest BCUT2D eigenvalue weighted by Crippen LogP contribution is 2.31. The number of likely N-dealkylation sites (tertiary alicyclic amines) is 1. The Bertz CT molecular complexity index is 1650. The lowest BCUT2D eigenvalue weighted by Gasteiger charge is -2.38. The molecule has 0 radical (unpaired) electrons. The number of hydrogen-bond acceptors (Lipinski definition) is 10. The molecule has 1 unspecified atom stereocenters. The number of hydrogen-bond donors (Lipinski definition) is 3. The molecule has 4 heterocycles. The van der Waals surface area contributed by atoms with E-state index in [1.54, 1.807) is 23.1 Å². The molecule has 15 heteroatoms. The lowest BCUT2D eigenvalue weighted by molar-refractivity contribution is -0.136. The summed E-state index contributed by atoms with van der Waals surface area (Å²) in [5.41, 5.74) is 6.53. The van der Waals surface area contributed by atoms with Gasteiger partial charge in [-0.05, 0) is 43.5 Å². The minimum absolute atomic E-state index is 0.00924. The van der Waals surface area contributed by atoms with Crippen molar-refractivity contribution >= 4 is 46.8 Å². The van der Waals surface area contributed by atoms with Crippen LogP contribution in [0.1, 0.15) is 56.8 Å². The second-order valence-electron chi connectivity index (χ2n) is 12.1. The number of fused-ring (bicyclic) bond motifs is 1. The van der Waals surface area contributed by atoms with Crippen molar-refractivity contribution in [1.29, 1.82) is 0 Å². The Kier molecular flexibility index (Phi) is 8.82. The van der Waals surface area contributed by atoms with Gasteiger partial charge in [-0.15, -0.1) is 0 Å². The number of imide groups is 2. The number of rotatable bonds is 7. The molecule has 4 N–H and O–H groups in total. The fourth-order valence-corrected chi connectivity index (χ4v) is 6.55. The van der Waals surface area contributed by atoms with Crippen LogP contribution in [0.3, 0.4) is 0 Å². The molecule has 248 valence electrons. The third-order valence-corrected chi connectivity index (χ3v) is 9.26. The second-order valence-corrected chi connectivity index (χ2v) is 12.1. The molecule has 6 rings (SSSR count). The molecule has 0 saturated carbocycles. The number of nitrogens with one attached hydrogen (secondary N) is 2. The molecule has 3 saturated heterocycles. The van der Waals surface area contributed by atoms with Gasteiger partial charge < -0.3 is 25.6 Å². The minimum atomic E-state index is -1.02. The Morgan fingerprint density at radius 1 is 0.957 bits per heavy atom. The van der Waals surface area contributed by atoms with Crippen molar-refractivity contribution < 1.29 is 37.9 Å².